The summed E-state index contributed by atoms with van der Waals surface area (Å²) in [6, 6.07) is 7.94. The van der Waals surface area contributed by atoms with Gasteiger partial charge < -0.3 is 11.5 Å². The van der Waals surface area contributed by atoms with Crippen molar-refractivity contribution in [3.63, 3.8) is 0 Å². The summed E-state index contributed by atoms with van der Waals surface area (Å²) in [6.07, 6.45) is 7.71. The fourth-order valence-corrected chi connectivity index (χ4v) is 1.55. The highest BCUT2D eigenvalue weighted by Gasteiger charge is 2.02. The van der Waals surface area contributed by atoms with Crippen LogP contribution in [0.5, 0.6) is 0 Å². The molecule has 1 aromatic carbocycles. The van der Waals surface area contributed by atoms with Crippen LogP contribution in [0.4, 0.5) is 0 Å². The Balaban J connectivity index is 0.000000240. The largest absolute Gasteiger partial charge is 0.405 e. The fourth-order valence-electron chi connectivity index (χ4n) is 1.55. The van der Waals surface area contributed by atoms with Crippen LogP contribution < -0.4 is 11.5 Å². The van der Waals surface area contributed by atoms with Crippen molar-refractivity contribution in [3.05, 3.63) is 60.2 Å². The van der Waals surface area contributed by atoms with Crippen LogP contribution in [-0.4, -0.2) is 9.97 Å². The highest BCUT2D eigenvalue weighted by molar-refractivity contribution is 5.73. The van der Waals surface area contributed by atoms with E-state index in [9.17, 15) is 0 Å². The second kappa shape index (κ2) is 8.74. The van der Waals surface area contributed by atoms with Crippen molar-refractivity contribution < 1.29 is 0 Å². The van der Waals surface area contributed by atoms with Crippen molar-refractivity contribution in [1.29, 1.82) is 0 Å². The molecule has 0 aliphatic rings. The smallest absolute Gasteiger partial charge is 0.0890 e. The number of benzene rings is 1. The van der Waals surface area contributed by atoms with Gasteiger partial charge in [-0.3, -0.25) is 4.98 Å². The van der Waals surface area contributed by atoms with Gasteiger partial charge in [0.15, 0.2) is 0 Å². The molecule has 1 heterocycles. The van der Waals surface area contributed by atoms with Crippen LogP contribution in [-0.2, 0) is 0 Å². The van der Waals surface area contributed by atoms with Crippen molar-refractivity contribution in [2.75, 3.05) is 0 Å². The van der Waals surface area contributed by atoms with Crippen molar-refractivity contribution >= 4 is 11.0 Å². The van der Waals surface area contributed by atoms with E-state index in [0.717, 1.165) is 28.8 Å². The van der Waals surface area contributed by atoms with E-state index in [4.69, 9.17) is 11.5 Å². The third kappa shape index (κ3) is 5.65. The van der Waals surface area contributed by atoms with Gasteiger partial charge in [0.2, 0.25) is 0 Å². The molecule has 112 valence electrons. The van der Waals surface area contributed by atoms with Gasteiger partial charge in [-0.25, -0.2) is 4.98 Å². The van der Waals surface area contributed by atoms with Crippen LogP contribution in [0.2, 0.25) is 0 Å². The molecule has 0 atom stereocenters. The third-order valence-corrected chi connectivity index (χ3v) is 2.89. The van der Waals surface area contributed by atoms with Gasteiger partial charge >= 0.3 is 0 Å². The third-order valence-electron chi connectivity index (χ3n) is 2.89. The minimum atomic E-state index is 0.442. The molecule has 4 N–H and O–H groups in total. The van der Waals surface area contributed by atoms with Crippen molar-refractivity contribution in [2.45, 2.75) is 33.1 Å². The Bertz CT molecular complexity index is 615. The van der Waals surface area contributed by atoms with E-state index in [1.165, 1.54) is 6.20 Å². The normalized spacial score (nSPS) is 11.7. The van der Waals surface area contributed by atoms with Crippen LogP contribution in [0.3, 0.4) is 0 Å². The van der Waals surface area contributed by atoms with Crippen LogP contribution in [0.25, 0.3) is 11.0 Å². The Hall–Kier alpha value is -2.36. The summed E-state index contributed by atoms with van der Waals surface area (Å²) in [4.78, 5) is 8.85. The maximum atomic E-state index is 5.41. The standard InChI is InChI=1S/C11H12N2.C6H12N2/c1-8(2)11-7-12-9-5-3-4-6-10(9)13-11;1-2-6(8)4-3-5-7/h3-8H,1-2H3;3-5H,2,7-8H2,1H3/b;5-3-,6-4-. The summed E-state index contributed by atoms with van der Waals surface area (Å²) in [5.41, 5.74) is 14.3. The Morgan fingerprint density at radius 3 is 2.48 bits per heavy atom. The second-order valence-corrected chi connectivity index (χ2v) is 4.92. The molecular formula is C17H24N4. The molecule has 4 heteroatoms. The molecule has 0 saturated heterocycles. The van der Waals surface area contributed by atoms with E-state index in [-0.39, 0.29) is 0 Å². The van der Waals surface area contributed by atoms with Gasteiger partial charge in [0.05, 0.1) is 16.7 Å². The summed E-state index contributed by atoms with van der Waals surface area (Å²) >= 11 is 0. The Morgan fingerprint density at radius 2 is 1.90 bits per heavy atom. The molecular weight excluding hydrogens is 260 g/mol. The van der Waals surface area contributed by atoms with E-state index in [1.54, 1.807) is 12.2 Å². The molecule has 0 aliphatic carbocycles. The molecule has 0 bridgehead atoms. The van der Waals surface area contributed by atoms with Gasteiger partial charge in [0.1, 0.15) is 0 Å². The molecule has 0 amide bonds. The van der Waals surface area contributed by atoms with Crippen LogP contribution in [0.15, 0.2) is 54.5 Å². The van der Waals surface area contributed by atoms with E-state index < -0.39 is 0 Å². The molecule has 2 aromatic rings. The van der Waals surface area contributed by atoms with E-state index in [2.05, 4.69) is 23.8 Å². The molecule has 4 nitrogen and oxygen atoms in total. The van der Waals surface area contributed by atoms with Crippen LogP contribution in [0, 0.1) is 0 Å². The van der Waals surface area contributed by atoms with Gasteiger partial charge in [-0.1, -0.05) is 32.9 Å². The molecule has 0 spiro atoms. The van der Waals surface area contributed by atoms with Gasteiger partial charge in [-0.2, -0.15) is 0 Å². The lowest BCUT2D eigenvalue weighted by Crippen LogP contribution is -1.94. The zero-order valence-corrected chi connectivity index (χ0v) is 13.0. The topological polar surface area (TPSA) is 77.8 Å². The highest BCUT2D eigenvalue weighted by Crippen LogP contribution is 2.14. The summed E-state index contributed by atoms with van der Waals surface area (Å²) in [6.45, 7) is 6.24. The van der Waals surface area contributed by atoms with E-state index in [0.29, 0.717) is 5.92 Å². The van der Waals surface area contributed by atoms with Gasteiger partial charge in [-0.15, -0.1) is 0 Å². The number of nitrogens with two attached hydrogens (primary N) is 2. The van der Waals surface area contributed by atoms with E-state index >= 15 is 0 Å². The minimum absolute atomic E-state index is 0.442. The second-order valence-electron chi connectivity index (χ2n) is 4.92. The average molecular weight is 284 g/mol. The number of aromatic nitrogens is 2. The molecule has 2 rings (SSSR count). The zero-order valence-electron chi connectivity index (χ0n) is 13.0. The number of allylic oxidation sites excluding steroid dienone is 3. The molecule has 0 fully saturated rings. The number of rotatable bonds is 3. The van der Waals surface area contributed by atoms with Crippen molar-refractivity contribution in [1.82, 2.24) is 9.97 Å². The van der Waals surface area contributed by atoms with Gasteiger partial charge in [-0.05, 0) is 42.8 Å². The summed E-state index contributed by atoms with van der Waals surface area (Å²) < 4.78 is 0. The first-order valence-corrected chi connectivity index (χ1v) is 7.13. The first-order valence-electron chi connectivity index (χ1n) is 7.13. The first-order chi connectivity index (χ1) is 10.1. The Kier molecular flexibility index (Phi) is 6.95. The number of para-hydroxylation sites is 2. The Labute approximate surface area is 126 Å². The molecule has 0 aliphatic heterocycles. The lowest BCUT2D eigenvalue weighted by Gasteiger charge is -2.04. The maximum Gasteiger partial charge on any atom is 0.0890 e. The number of nitrogens with zero attached hydrogens (tertiary/aromatic N) is 2. The van der Waals surface area contributed by atoms with Crippen molar-refractivity contribution in [3.8, 4) is 0 Å². The fraction of sp³-hybridized carbons (Fsp3) is 0.294. The zero-order chi connectivity index (χ0) is 15.7. The first kappa shape index (κ1) is 16.7. The van der Waals surface area contributed by atoms with Crippen LogP contribution >= 0.6 is 0 Å². The predicted octanol–water partition coefficient (Wildman–Crippen LogP) is 3.46. The predicted molar refractivity (Wildman–Crippen MR) is 89.5 cm³/mol. The number of hydrogen-bond acceptors (Lipinski definition) is 4. The quantitative estimate of drug-likeness (QED) is 0.846. The maximum absolute atomic E-state index is 5.41. The van der Waals surface area contributed by atoms with Gasteiger partial charge in [0.25, 0.3) is 0 Å². The summed E-state index contributed by atoms with van der Waals surface area (Å²) in [5, 5.41) is 0. The van der Waals surface area contributed by atoms with Crippen molar-refractivity contribution in [2.24, 2.45) is 11.5 Å². The average Bonchev–Trinajstić information content (AvgIpc) is 2.52. The molecule has 0 unspecified atom stereocenters. The molecule has 0 radical (unpaired) electrons. The summed E-state index contributed by atoms with van der Waals surface area (Å²) in [7, 11) is 0. The summed E-state index contributed by atoms with van der Waals surface area (Å²) in [5.74, 6) is 0.442. The molecule has 21 heavy (non-hydrogen) atoms. The number of hydrogen-bond donors (Lipinski definition) is 2. The van der Waals surface area contributed by atoms with E-state index in [1.807, 2.05) is 37.4 Å². The van der Waals surface area contributed by atoms with Crippen LogP contribution in [0.1, 0.15) is 38.8 Å². The monoisotopic (exact) mass is 284 g/mol. The molecule has 1 aromatic heterocycles. The number of fused-ring (bicyclic) bond motifs is 1. The SMILES string of the molecule is CC(C)c1cnc2ccccc2n1.CC/C(N)=C/C=C\N. The lowest BCUT2D eigenvalue weighted by molar-refractivity contribution is 0.822. The lowest BCUT2D eigenvalue weighted by atomic mass is 10.1. The minimum Gasteiger partial charge on any atom is -0.405 e. The van der Waals surface area contributed by atoms with Gasteiger partial charge in [0, 0.05) is 11.9 Å². The Morgan fingerprint density at radius 1 is 1.24 bits per heavy atom. The highest BCUT2D eigenvalue weighted by atomic mass is 14.8. The molecule has 0 saturated carbocycles.